The fourth-order valence-corrected chi connectivity index (χ4v) is 1.53. The predicted molar refractivity (Wildman–Crippen MR) is 60.9 cm³/mol. The van der Waals surface area contributed by atoms with Crippen molar-refractivity contribution in [1.29, 1.82) is 0 Å². The lowest BCUT2D eigenvalue weighted by Crippen LogP contribution is -2.39. The highest BCUT2D eigenvalue weighted by Crippen LogP contribution is 2.20. The molecule has 0 bridgehead atoms. The summed E-state index contributed by atoms with van der Waals surface area (Å²) in [7, 11) is 0. The van der Waals surface area contributed by atoms with Gasteiger partial charge in [-0.1, -0.05) is 6.92 Å². The lowest BCUT2D eigenvalue weighted by Gasteiger charge is -2.23. The van der Waals surface area contributed by atoms with E-state index < -0.39 is 24.4 Å². The van der Waals surface area contributed by atoms with Crippen molar-refractivity contribution in [2.45, 2.75) is 19.5 Å². The molecule has 0 radical (unpaired) electrons. The molecule has 0 aromatic carbocycles. The summed E-state index contributed by atoms with van der Waals surface area (Å²) in [6.07, 6.45) is -3.40. The Morgan fingerprint density at radius 1 is 1.47 bits per heavy atom. The van der Waals surface area contributed by atoms with Crippen LogP contribution in [0.5, 0.6) is 0 Å². The van der Waals surface area contributed by atoms with Gasteiger partial charge in [0.2, 0.25) is 0 Å². The van der Waals surface area contributed by atoms with Crippen LogP contribution in [-0.2, 0) is 0 Å². The van der Waals surface area contributed by atoms with Crippen LogP contribution >= 0.6 is 0 Å². The summed E-state index contributed by atoms with van der Waals surface area (Å²) in [6, 6.07) is 0.781. The Labute approximate surface area is 107 Å². The van der Waals surface area contributed by atoms with Crippen molar-refractivity contribution in [2.75, 3.05) is 18.8 Å². The van der Waals surface area contributed by atoms with Gasteiger partial charge in [0.15, 0.2) is 0 Å². The molecule has 1 amide bonds. The van der Waals surface area contributed by atoms with E-state index in [1.165, 1.54) is 0 Å². The number of rotatable bonds is 4. The molecule has 8 heteroatoms. The first-order valence-electron chi connectivity index (χ1n) is 5.51. The second kappa shape index (κ2) is 5.85. The van der Waals surface area contributed by atoms with Crippen molar-refractivity contribution in [1.82, 2.24) is 9.88 Å². The molecule has 1 aromatic rings. The van der Waals surface area contributed by atoms with Gasteiger partial charge in [-0.2, -0.15) is 13.2 Å². The van der Waals surface area contributed by atoms with Crippen LogP contribution < -0.4 is 5.73 Å². The van der Waals surface area contributed by atoms with Gasteiger partial charge < -0.3 is 10.6 Å². The Morgan fingerprint density at radius 2 is 2.11 bits per heavy atom. The van der Waals surface area contributed by atoms with E-state index in [9.17, 15) is 22.4 Å². The molecule has 1 rings (SSSR count). The van der Waals surface area contributed by atoms with Crippen LogP contribution in [0, 0.1) is 5.82 Å². The molecule has 106 valence electrons. The van der Waals surface area contributed by atoms with Crippen molar-refractivity contribution in [2.24, 2.45) is 0 Å². The molecule has 0 aliphatic heterocycles. The van der Waals surface area contributed by atoms with Crippen molar-refractivity contribution in [3.05, 3.63) is 23.6 Å². The van der Waals surface area contributed by atoms with Crippen molar-refractivity contribution in [3.8, 4) is 0 Å². The van der Waals surface area contributed by atoms with E-state index in [0.29, 0.717) is 11.3 Å². The number of halogens is 4. The number of carbonyl (C=O) groups excluding carboxylic acids is 1. The molecular weight excluding hydrogens is 266 g/mol. The molecule has 0 fully saturated rings. The van der Waals surface area contributed by atoms with Crippen molar-refractivity contribution in [3.63, 3.8) is 0 Å². The van der Waals surface area contributed by atoms with Crippen LogP contribution in [0.25, 0.3) is 0 Å². The van der Waals surface area contributed by atoms with Gasteiger partial charge in [0.25, 0.3) is 5.91 Å². The second-order valence-corrected chi connectivity index (χ2v) is 3.93. The number of nitrogens with zero attached hydrogens (tertiary/aromatic N) is 2. The van der Waals surface area contributed by atoms with Crippen LogP contribution in [0.3, 0.4) is 0 Å². The summed E-state index contributed by atoms with van der Waals surface area (Å²) in [5, 5.41) is 0. The number of carbonyl (C=O) groups is 1. The molecule has 0 atom stereocenters. The largest absolute Gasteiger partial charge is 0.406 e. The minimum absolute atomic E-state index is 0.103. The summed E-state index contributed by atoms with van der Waals surface area (Å²) in [5.41, 5.74) is 5.02. The Kier molecular flexibility index (Phi) is 4.68. The molecule has 4 nitrogen and oxygen atoms in total. The van der Waals surface area contributed by atoms with Crippen LogP contribution in [0.4, 0.5) is 23.4 Å². The number of pyridine rings is 1. The first-order chi connectivity index (χ1) is 8.74. The highest BCUT2D eigenvalue weighted by Gasteiger charge is 2.33. The normalized spacial score (nSPS) is 11.4. The highest BCUT2D eigenvalue weighted by molar-refractivity contribution is 5.98. The van der Waals surface area contributed by atoms with E-state index in [0.717, 1.165) is 12.3 Å². The van der Waals surface area contributed by atoms with Crippen molar-refractivity contribution < 1.29 is 22.4 Å². The maximum Gasteiger partial charge on any atom is 0.406 e. The SMILES string of the molecule is CCCN(CC(F)(F)F)C(=O)c1cc(F)cnc1N. The monoisotopic (exact) mass is 279 g/mol. The first kappa shape index (κ1) is 15.2. The zero-order chi connectivity index (χ0) is 14.6. The summed E-state index contributed by atoms with van der Waals surface area (Å²) < 4.78 is 50.1. The lowest BCUT2D eigenvalue weighted by atomic mass is 10.2. The Bertz CT molecular complexity index is 462. The maximum absolute atomic E-state index is 13.0. The molecule has 0 saturated carbocycles. The number of nitrogen functional groups attached to an aromatic ring is 1. The van der Waals surface area contributed by atoms with Crippen LogP contribution in [0.1, 0.15) is 23.7 Å². The molecule has 1 aromatic heterocycles. The minimum atomic E-state index is -4.53. The smallest absolute Gasteiger partial charge is 0.383 e. The van der Waals surface area contributed by atoms with E-state index >= 15 is 0 Å². The number of anilines is 1. The van der Waals surface area contributed by atoms with Crippen molar-refractivity contribution >= 4 is 11.7 Å². The molecular formula is C11H13F4N3O. The van der Waals surface area contributed by atoms with Crippen LogP contribution in [0.2, 0.25) is 0 Å². The number of nitrogens with two attached hydrogens (primary N) is 1. The summed E-state index contributed by atoms with van der Waals surface area (Å²) >= 11 is 0. The number of aromatic nitrogens is 1. The quantitative estimate of drug-likeness (QED) is 0.860. The predicted octanol–water partition coefficient (Wildman–Crippen LogP) is 2.22. The summed E-state index contributed by atoms with van der Waals surface area (Å²) in [6.45, 7) is 0.119. The van der Waals surface area contributed by atoms with Gasteiger partial charge in [-0.25, -0.2) is 9.37 Å². The third-order valence-electron chi connectivity index (χ3n) is 2.27. The Hall–Kier alpha value is -1.86. The standard InChI is InChI=1S/C11H13F4N3O/c1-2-3-18(6-11(13,14)15)10(19)8-4-7(12)5-17-9(8)16/h4-5H,2-3,6H2,1H3,(H2,16,17). The van der Waals surface area contributed by atoms with E-state index in [1.54, 1.807) is 6.92 Å². The highest BCUT2D eigenvalue weighted by atomic mass is 19.4. The van der Waals surface area contributed by atoms with Gasteiger partial charge in [0, 0.05) is 6.54 Å². The average Bonchev–Trinajstić information content (AvgIpc) is 2.29. The fraction of sp³-hybridized carbons (Fsp3) is 0.455. The zero-order valence-corrected chi connectivity index (χ0v) is 10.2. The van der Waals surface area contributed by atoms with Crippen LogP contribution in [0.15, 0.2) is 12.3 Å². The number of amides is 1. The van der Waals surface area contributed by atoms with Crippen LogP contribution in [-0.4, -0.2) is 35.1 Å². The van der Waals surface area contributed by atoms with Gasteiger partial charge in [0.1, 0.15) is 18.2 Å². The maximum atomic E-state index is 13.0. The summed E-state index contributed by atoms with van der Waals surface area (Å²) in [4.78, 5) is 15.9. The third kappa shape index (κ3) is 4.38. The molecule has 0 spiro atoms. The van der Waals surface area contributed by atoms with Gasteiger partial charge in [-0.3, -0.25) is 4.79 Å². The van der Waals surface area contributed by atoms with E-state index in [4.69, 9.17) is 5.73 Å². The lowest BCUT2D eigenvalue weighted by molar-refractivity contribution is -0.140. The molecule has 0 unspecified atom stereocenters. The molecule has 1 heterocycles. The molecule has 2 N–H and O–H groups in total. The second-order valence-electron chi connectivity index (χ2n) is 3.93. The topological polar surface area (TPSA) is 59.2 Å². The minimum Gasteiger partial charge on any atom is -0.383 e. The van der Waals surface area contributed by atoms with E-state index in [1.807, 2.05) is 0 Å². The van der Waals surface area contributed by atoms with Gasteiger partial charge in [-0.05, 0) is 12.5 Å². The fourth-order valence-electron chi connectivity index (χ4n) is 1.53. The van der Waals surface area contributed by atoms with E-state index in [2.05, 4.69) is 4.98 Å². The summed E-state index contributed by atoms with van der Waals surface area (Å²) in [5.74, 6) is -2.11. The number of hydrogen-bond donors (Lipinski definition) is 1. The third-order valence-corrected chi connectivity index (χ3v) is 2.27. The number of hydrogen-bond acceptors (Lipinski definition) is 3. The Balaban J connectivity index is 3.02. The molecule has 19 heavy (non-hydrogen) atoms. The van der Waals surface area contributed by atoms with Gasteiger partial charge in [0.05, 0.1) is 11.8 Å². The zero-order valence-electron chi connectivity index (χ0n) is 10.2. The number of alkyl halides is 3. The average molecular weight is 279 g/mol. The van der Waals surface area contributed by atoms with Gasteiger partial charge >= 0.3 is 6.18 Å². The first-order valence-corrected chi connectivity index (χ1v) is 5.51. The van der Waals surface area contributed by atoms with E-state index in [-0.39, 0.29) is 17.9 Å². The molecule has 0 aliphatic carbocycles. The molecule has 0 aliphatic rings. The Morgan fingerprint density at radius 3 is 2.63 bits per heavy atom. The molecule has 0 saturated heterocycles. The van der Waals surface area contributed by atoms with Gasteiger partial charge in [-0.15, -0.1) is 0 Å².